The van der Waals surface area contributed by atoms with Gasteiger partial charge in [0, 0.05) is 6.42 Å². The molecule has 0 aliphatic carbocycles. The number of rotatable bonds is 11. The zero-order valence-electron chi connectivity index (χ0n) is 13.7. The highest BCUT2D eigenvalue weighted by Crippen LogP contribution is 1.94. The van der Waals surface area contributed by atoms with Crippen molar-refractivity contribution >= 4 is 29.6 Å². The normalized spacial score (nSPS) is 13.9. The number of aliphatic hydroxyl groups is 1. The van der Waals surface area contributed by atoms with E-state index >= 15 is 0 Å². The van der Waals surface area contributed by atoms with Crippen molar-refractivity contribution in [3.63, 3.8) is 0 Å². The lowest BCUT2D eigenvalue weighted by atomic mass is 10.1. The Balaban J connectivity index is 4.14. The first kappa shape index (κ1) is 22.3. The van der Waals surface area contributed by atoms with Crippen LogP contribution in [0.2, 0.25) is 0 Å². The van der Waals surface area contributed by atoms with E-state index in [1.807, 2.05) is 5.32 Å². The van der Waals surface area contributed by atoms with Crippen molar-refractivity contribution in [2.24, 2.45) is 11.5 Å². The summed E-state index contributed by atoms with van der Waals surface area (Å²) >= 11 is 0. The Morgan fingerprint density at radius 1 is 1.04 bits per heavy atom. The molecular weight excluding hydrogens is 338 g/mol. The Labute approximate surface area is 143 Å². The summed E-state index contributed by atoms with van der Waals surface area (Å²) in [4.78, 5) is 56.0. The largest absolute Gasteiger partial charge is 0.480 e. The Morgan fingerprint density at radius 3 is 2.08 bits per heavy atom. The predicted octanol–water partition coefficient (Wildman–Crippen LogP) is -4.24. The fourth-order valence-corrected chi connectivity index (χ4v) is 1.58. The van der Waals surface area contributed by atoms with Gasteiger partial charge in [0.15, 0.2) is 6.04 Å². The predicted molar refractivity (Wildman–Crippen MR) is 83.7 cm³/mol. The summed E-state index contributed by atoms with van der Waals surface area (Å²) in [6.07, 6.45) is -1.37. The maximum atomic E-state index is 11.6. The number of hydrogen-bond acceptors (Lipinski definition) is 7. The van der Waals surface area contributed by atoms with E-state index in [-0.39, 0.29) is 12.8 Å². The molecule has 0 saturated carbocycles. The zero-order chi connectivity index (χ0) is 19.6. The van der Waals surface area contributed by atoms with Gasteiger partial charge in [0.25, 0.3) is 0 Å². The van der Waals surface area contributed by atoms with Gasteiger partial charge < -0.3 is 37.6 Å². The molecule has 0 heterocycles. The van der Waals surface area contributed by atoms with Crippen molar-refractivity contribution in [3.05, 3.63) is 0 Å². The zero-order valence-corrected chi connectivity index (χ0v) is 13.7. The highest BCUT2D eigenvalue weighted by Gasteiger charge is 2.25. The van der Waals surface area contributed by atoms with Gasteiger partial charge in [-0.25, -0.2) is 4.79 Å². The van der Waals surface area contributed by atoms with E-state index in [4.69, 9.17) is 16.6 Å². The standard InChI is InChI=1S/C13H23N5O7/c1-6(19)11(13(24)25)18-10(22)5-16-9(21)4-17-12(23)7(14)2-3-8(15)20/h6-7,11,19H,2-5,14H2,1H3,(H2,15,20)(H,16,21)(H,17,23)(H,18,22)(H,24,25). The van der Waals surface area contributed by atoms with Crippen LogP contribution in [0.4, 0.5) is 0 Å². The van der Waals surface area contributed by atoms with Gasteiger partial charge in [-0.2, -0.15) is 0 Å². The molecule has 0 aliphatic heterocycles. The smallest absolute Gasteiger partial charge is 0.328 e. The van der Waals surface area contributed by atoms with Crippen molar-refractivity contribution < 1.29 is 34.2 Å². The summed E-state index contributed by atoms with van der Waals surface area (Å²) in [6.45, 7) is 0.183. The van der Waals surface area contributed by atoms with Gasteiger partial charge in [-0.05, 0) is 13.3 Å². The second-order valence-electron chi connectivity index (χ2n) is 5.23. The molecule has 0 saturated heterocycles. The minimum Gasteiger partial charge on any atom is -0.480 e. The molecule has 3 atom stereocenters. The van der Waals surface area contributed by atoms with Gasteiger partial charge in [0.2, 0.25) is 23.6 Å². The quantitative estimate of drug-likeness (QED) is 0.191. The van der Waals surface area contributed by atoms with Crippen LogP contribution in [0.25, 0.3) is 0 Å². The number of primary amides is 1. The molecule has 4 amide bonds. The Kier molecular flexibility index (Phi) is 9.74. The second-order valence-corrected chi connectivity index (χ2v) is 5.23. The summed E-state index contributed by atoms with van der Waals surface area (Å²) < 4.78 is 0. The Hall–Kier alpha value is -2.73. The number of carbonyl (C=O) groups excluding carboxylic acids is 4. The van der Waals surface area contributed by atoms with E-state index in [2.05, 4.69) is 10.6 Å². The third-order valence-electron chi connectivity index (χ3n) is 2.97. The van der Waals surface area contributed by atoms with Crippen LogP contribution >= 0.6 is 0 Å². The van der Waals surface area contributed by atoms with E-state index in [1.54, 1.807) is 0 Å². The molecule has 0 fully saturated rings. The minimum absolute atomic E-state index is 0.0289. The van der Waals surface area contributed by atoms with Crippen molar-refractivity contribution in [2.75, 3.05) is 13.1 Å². The molecule has 12 heteroatoms. The highest BCUT2D eigenvalue weighted by molar-refractivity contribution is 5.91. The molecule has 0 aromatic carbocycles. The second kappa shape index (κ2) is 10.9. The van der Waals surface area contributed by atoms with Crippen LogP contribution in [0, 0.1) is 0 Å². The summed E-state index contributed by atoms with van der Waals surface area (Å²) in [5, 5.41) is 24.4. The fourth-order valence-electron chi connectivity index (χ4n) is 1.58. The van der Waals surface area contributed by atoms with Crippen LogP contribution in [-0.4, -0.2) is 71.1 Å². The number of nitrogens with one attached hydrogen (secondary N) is 3. The van der Waals surface area contributed by atoms with Crippen LogP contribution in [0.3, 0.4) is 0 Å². The van der Waals surface area contributed by atoms with Crippen molar-refractivity contribution in [1.82, 2.24) is 16.0 Å². The Bertz CT molecular complexity index is 523. The molecule has 0 aromatic rings. The van der Waals surface area contributed by atoms with Crippen molar-refractivity contribution in [2.45, 2.75) is 38.0 Å². The van der Waals surface area contributed by atoms with Crippen LogP contribution in [-0.2, 0) is 24.0 Å². The molecule has 0 aromatic heterocycles. The number of carboxylic acids is 1. The maximum Gasteiger partial charge on any atom is 0.328 e. The summed E-state index contributed by atoms with van der Waals surface area (Å²) in [6, 6.07) is -2.52. The molecule has 9 N–H and O–H groups in total. The van der Waals surface area contributed by atoms with Gasteiger partial charge in [-0.15, -0.1) is 0 Å². The van der Waals surface area contributed by atoms with E-state index < -0.39 is 60.9 Å². The highest BCUT2D eigenvalue weighted by atomic mass is 16.4. The Morgan fingerprint density at radius 2 is 1.60 bits per heavy atom. The summed E-state index contributed by atoms with van der Waals surface area (Å²) in [5.41, 5.74) is 10.4. The third-order valence-corrected chi connectivity index (χ3v) is 2.97. The average Bonchev–Trinajstić information content (AvgIpc) is 2.52. The minimum atomic E-state index is -1.51. The molecule has 0 rings (SSSR count). The van der Waals surface area contributed by atoms with Gasteiger partial charge in [0.1, 0.15) is 0 Å². The molecular formula is C13H23N5O7. The summed E-state index contributed by atoms with van der Waals surface area (Å²) in [7, 11) is 0. The third kappa shape index (κ3) is 9.88. The number of nitrogens with two attached hydrogens (primary N) is 2. The average molecular weight is 361 g/mol. The van der Waals surface area contributed by atoms with Crippen LogP contribution < -0.4 is 27.4 Å². The molecule has 142 valence electrons. The molecule has 12 nitrogen and oxygen atoms in total. The number of hydrogen-bond donors (Lipinski definition) is 7. The lowest BCUT2D eigenvalue weighted by Gasteiger charge is -2.17. The molecule has 0 bridgehead atoms. The first-order valence-electron chi connectivity index (χ1n) is 7.33. The van der Waals surface area contributed by atoms with Crippen LogP contribution in [0.5, 0.6) is 0 Å². The van der Waals surface area contributed by atoms with Crippen LogP contribution in [0.1, 0.15) is 19.8 Å². The van der Waals surface area contributed by atoms with Gasteiger partial charge >= 0.3 is 5.97 Å². The lowest BCUT2D eigenvalue weighted by Crippen LogP contribution is -2.51. The number of amides is 4. The number of aliphatic hydroxyl groups excluding tert-OH is 1. The van der Waals surface area contributed by atoms with E-state index in [1.165, 1.54) is 6.92 Å². The van der Waals surface area contributed by atoms with Gasteiger partial charge in [-0.3, -0.25) is 19.2 Å². The lowest BCUT2D eigenvalue weighted by molar-refractivity contribution is -0.144. The molecule has 3 unspecified atom stereocenters. The fraction of sp³-hybridized carbons (Fsp3) is 0.615. The van der Waals surface area contributed by atoms with Crippen molar-refractivity contribution in [3.8, 4) is 0 Å². The van der Waals surface area contributed by atoms with E-state index in [0.717, 1.165) is 0 Å². The SMILES string of the molecule is CC(O)C(NC(=O)CNC(=O)CNC(=O)C(N)CCC(N)=O)C(=O)O. The first-order valence-corrected chi connectivity index (χ1v) is 7.33. The summed E-state index contributed by atoms with van der Waals surface area (Å²) in [5.74, 6) is -4.24. The van der Waals surface area contributed by atoms with Gasteiger partial charge in [-0.1, -0.05) is 0 Å². The van der Waals surface area contributed by atoms with E-state index in [9.17, 15) is 29.1 Å². The number of carboxylic acid groups (broad SMARTS) is 1. The maximum absolute atomic E-state index is 11.6. The van der Waals surface area contributed by atoms with Crippen molar-refractivity contribution in [1.29, 1.82) is 0 Å². The topological polar surface area (TPSA) is 214 Å². The molecule has 0 spiro atoms. The van der Waals surface area contributed by atoms with E-state index in [0.29, 0.717) is 0 Å². The number of aliphatic carboxylic acids is 1. The number of carbonyl (C=O) groups is 5. The van der Waals surface area contributed by atoms with Crippen LogP contribution in [0.15, 0.2) is 0 Å². The molecule has 0 radical (unpaired) electrons. The first-order chi connectivity index (χ1) is 11.5. The molecule has 0 aliphatic rings. The van der Waals surface area contributed by atoms with Gasteiger partial charge in [0.05, 0.1) is 25.2 Å². The molecule has 25 heavy (non-hydrogen) atoms. The monoisotopic (exact) mass is 361 g/mol.